The second-order valence-corrected chi connectivity index (χ2v) is 7.69. The topological polar surface area (TPSA) is 147 Å². The molecule has 0 fully saturated rings. The van der Waals surface area contributed by atoms with Crippen molar-refractivity contribution in [2.24, 2.45) is 0 Å². The molecule has 2 unspecified atom stereocenters. The van der Waals surface area contributed by atoms with Gasteiger partial charge in [0.2, 0.25) is 0 Å². The third-order valence-electron chi connectivity index (χ3n) is 3.64. The molecule has 0 saturated carbocycles. The second-order valence-electron chi connectivity index (χ2n) is 6.27. The second kappa shape index (κ2) is 8.92. The normalized spacial score (nSPS) is 17.1. The van der Waals surface area contributed by atoms with Crippen LogP contribution in [-0.2, 0) is 19.6 Å². The summed E-state index contributed by atoms with van der Waals surface area (Å²) in [7, 11) is -5.70. The van der Waals surface area contributed by atoms with Gasteiger partial charge in [-0.3, -0.25) is 4.55 Å². The third kappa shape index (κ3) is 5.92. The van der Waals surface area contributed by atoms with Gasteiger partial charge in [-0.1, -0.05) is 0 Å². The molecular formula is C14H6F12O9S. The van der Waals surface area contributed by atoms with Crippen LogP contribution in [0.5, 0.6) is 0 Å². The number of carbonyl (C=O) groups is 2. The highest BCUT2D eigenvalue weighted by Crippen LogP contribution is 2.45. The lowest BCUT2D eigenvalue weighted by atomic mass is 10.1. The van der Waals surface area contributed by atoms with Gasteiger partial charge in [-0.2, -0.15) is 61.1 Å². The molecule has 9 nitrogen and oxygen atoms in total. The molecule has 0 heterocycles. The van der Waals surface area contributed by atoms with E-state index in [0.29, 0.717) is 0 Å². The van der Waals surface area contributed by atoms with Gasteiger partial charge in [0, 0.05) is 0 Å². The summed E-state index contributed by atoms with van der Waals surface area (Å²) >= 11 is 0. The van der Waals surface area contributed by atoms with Gasteiger partial charge >= 0.3 is 48.2 Å². The molecule has 2 atom stereocenters. The number of hydrogen-bond acceptors (Lipinski definition) is 8. The van der Waals surface area contributed by atoms with Crippen molar-refractivity contribution in [1.29, 1.82) is 0 Å². The molecular weight excluding hydrogens is 572 g/mol. The van der Waals surface area contributed by atoms with Crippen LogP contribution in [0.3, 0.4) is 0 Å². The average molecular weight is 578 g/mol. The van der Waals surface area contributed by atoms with Crippen molar-refractivity contribution in [3.05, 3.63) is 29.3 Å². The summed E-state index contributed by atoms with van der Waals surface area (Å²) in [5, 5.41) is 16.6. The third-order valence-corrected chi connectivity index (χ3v) is 4.47. The van der Waals surface area contributed by atoms with E-state index >= 15 is 0 Å². The highest BCUT2D eigenvalue weighted by molar-refractivity contribution is 7.85. The maximum Gasteiger partial charge on any atom is 0.471 e. The standard InChI is InChI=1S/C14H6F12O9S/c15-9(29,11(17,18)19)13(23,24)34-7(27)4-1-5(3-6(2-4)36(31,32)33)8(28)35-14(25,26)10(16,30)12(20,21)22/h1-3,29-30H,(H,31,32,33). The van der Waals surface area contributed by atoms with Crippen molar-refractivity contribution < 1.29 is 94.9 Å². The van der Waals surface area contributed by atoms with Crippen LogP contribution in [0, 0.1) is 0 Å². The first-order valence-electron chi connectivity index (χ1n) is 7.89. The molecule has 1 aromatic rings. The number of benzene rings is 1. The zero-order chi connectivity index (χ0) is 28.9. The first kappa shape index (κ1) is 31.2. The maximum atomic E-state index is 13.4. The molecule has 0 aliphatic carbocycles. The molecule has 0 bridgehead atoms. The largest absolute Gasteiger partial charge is 0.471 e. The van der Waals surface area contributed by atoms with Crippen LogP contribution >= 0.6 is 0 Å². The Morgan fingerprint density at radius 1 is 0.639 bits per heavy atom. The van der Waals surface area contributed by atoms with Crippen LogP contribution < -0.4 is 0 Å². The first-order chi connectivity index (χ1) is 15.6. The van der Waals surface area contributed by atoms with Gasteiger partial charge in [0.05, 0.1) is 16.0 Å². The maximum absolute atomic E-state index is 13.4. The number of carbonyl (C=O) groups excluding carboxylic acids is 2. The van der Waals surface area contributed by atoms with E-state index in [1.807, 2.05) is 0 Å². The summed E-state index contributed by atoms with van der Waals surface area (Å²) in [6.07, 6.45) is -26.7. The predicted octanol–water partition coefficient (Wildman–Crippen LogP) is 2.87. The summed E-state index contributed by atoms with van der Waals surface area (Å²) < 4.78 is 190. The lowest BCUT2D eigenvalue weighted by Crippen LogP contribution is -2.57. The van der Waals surface area contributed by atoms with E-state index in [0.717, 1.165) is 0 Å². The Kier molecular flexibility index (Phi) is 7.72. The minimum Gasteiger partial charge on any atom is -0.392 e. The van der Waals surface area contributed by atoms with Gasteiger partial charge in [0.1, 0.15) is 0 Å². The number of rotatable bonds is 7. The molecule has 0 amide bonds. The molecule has 3 N–H and O–H groups in total. The van der Waals surface area contributed by atoms with Crippen molar-refractivity contribution in [1.82, 2.24) is 0 Å². The summed E-state index contributed by atoms with van der Waals surface area (Å²) in [6, 6.07) is -1.02. The number of ether oxygens (including phenoxy) is 2. The Balaban J connectivity index is 3.54. The van der Waals surface area contributed by atoms with Gasteiger partial charge in [-0.25, -0.2) is 9.59 Å². The highest BCUT2D eigenvalue weighted by Gasteiger charge is 2.75. The van der Waals surface area contributed by atoms with Crippen LogP contribution in [0.4, 0.5) is 52.7 Å². The van der Waals surface area contributed by atoms with Gasteiger partial charge < -0.3 is 19.7 Å². The molecule has 0 saturated heterocycles. The zero-order valence-electron chi connectivity index (χ0n) is 16.0. The monoisotopic (exact) mass is 578 g/mol. The Morgan fingerprint density at radius 3 is 1.14 bits per heavy atom. The zero-order valence-corrected chi connectivity index (χ0v) is 16.8. The summed E-state index contributed by atoms with van der Waals surface area (Å²) in [5.41, 5.74) is -3.85. The van der Waals surface area contributed by atoms with Crippen LogP contribution in [-0.4, -0.2) is 71.4 Å². The minimum absolute atomic E-state index is 0.311. The summed E-state index contributed by atoms with van der Waals surface area (Å²) in [5.74, 6) is -19.1. The van der Waals surface area contributed by atoms with Gasteiger partial charge in [0.25, 0.3) is 10.1 Å². The molecule has 22 heteroatoms. The van der Waals surface area contributed by atoms with Crippen LogP contribution in [0.2, 0.25) is 0 Å². The van der Waals surface area contributed by atoms with Crippen molar-refractivity contribution in [2.75, 3.05) is 0 Å². The van der Waals surface area contributed by atoms with Crippen LogP contribution in [0.25, 0.3) is 0 Å². The molecule has 0 aliphatic heterocycles. The first-order valence-corrected chi connectivity index (χ1v) is 9.33. The lowest BCUT2D eigenvalue weighted by molar-refractivity contribution is -0.435. The van der Waals surface area contributed by atoms with Gasteiger partial charge in [-0.05, 0) is 18.2 Å². The molecule has 0 radical (unpaired) electrons. The van der Waals surface area contributed by atoms with E-state index in [1.165, 1.54) is 0 Å². The Morgan fingerprint density at radius 2 is 0.917 bits per heavy atom. The fourth-order valence-corrected chi connectivity index (χ4v) is 2.35. The predicted molar refractivity (Wildman–Crippen MR) is 81.2 cm³/mol. The molecule has 0 aromatic heterocycles. The molecule has 0 aliphatic rings. The number of esters is 2. The van der Waals surface area contributed by atoms with E-state index in [-0.39, 0.29) is 12.1 Å². The SMILES string of the molecule is O=C(OC(F)(F)C(O)(F)C(F)(F)F)c1cc(C(=O)OC(F)(F)C(O)(F)C(F)(F)F)cc(S(=O)(=O)O)c1. The fourth-order valence-electron chi connectivity index (χ4n) is 1.80. The smallest absolute Gasteiger partial charge is 0.392 e. The number of aliphatic hydroxyl groups is 2. The van der Waals surface area contributed by atoms with E-state index in [9.17, 15) is 70.7 Å². The lowest BCUT2D eigenvalue weighted by Gasteiger charge is -2.29. The molecule has 0 spiro atoms. The average Bonchev–Trinajstić information content (AvgIpc) is 2.64. The van der Waals surface area contributed by atoms with Crippen molar-refractivity contribution in [3.63, 3.8) is 0 Å². The Bertz CT molecular complexity index is 1070. The molecule has 206 valence electrons. The molecule has 1 aromatic carbocycles. The quantitative estimate of drug-likeness (QED) is 0.253. The minimum atomic E-state index is -6.82. The molecule has 36 heavy (non-hydrogen) atoms. The highest BCUT2D eigenvalue weighted by atomic mass is 32.2. The fraction of sp³-hybridized carbons (Fsp3) is 0.429. The summed E-state index contributed by atoms with van der Waals surface area (Å²) in [6.45, 7) is 0. The van der Waals surface area contributed by atoms with Crippen molar-refractivity contribution in [2.45, 2.75) is 41.2 Å². The van der Waals surface area contributed by atoms with Gasteiger partial charge in [-0.15, -0.1) is 0 Å². The van der Waals surface area contributed by atoms with E-state index < -0.39 is 80.4 Å². The van der Waals surface area contributed by atoms with Crippen LogP contribution in [0.15, 0.2) is 23.1 Å². The number of halogens is 12. The number of alkyl halides is 12. The Labute approximate surface area is 188 Å². The van der Waals surface area contributed by atoms with E-state index in [4.69, 9.17) is 14.8 Å². The number of hydrogen-bond donors (Lipinski definition) is 3. The van der Waals surface area contributed by atoms with Crippen molar-refractivity contribution >= 4 is 22.1 Å². The molecule has 1 rings (SSSR count). The van der Waals surface area contributed by atoms with Gasteiger partial charge in [0.15, 0.2) is 0 Å². The van der Waals surface area contributed by atoms with E-state index in [2.05, 4.69) is 9.47 Å². The van der Waals surface area contributed by atoms with E-state index in [1.54, 1.807) is 0 Å². The summed E-state index contributed by atoms with van der Waals surface area (Å²) in [4.78, 5) is 21.5. The van der Waals surface area contributed by atoms with Crippen LogP contribution in [0.1, 0.15) is 20.7 Å². The Hall–Kier alpha value is -2.85. The van der Waals surface area contributed by atoms with Crippen molar-refractivity contribution in [3.8, 4) is 0 Å².